The van der Waals surface area contributed by atoms with Gasteiger partial charge < -0.3 is 9.32 Å². The summed E-state index contributed by atoms with van der Waals surface area (Å²) in [6.07, 6.45) is -1.37. The third kappa shape index (κ3) is 4.54. The molecule has 11 heteroatoms. The highest BCUT2D eigenvalue weighted by molar-refractivity contribution is 6.44. The molecule has 0 N–H and O–H groups in total. The van der Waals surface area contributed by atoms with E-state index in [2.05, 4.69) is 9.98 Å². The average Bonchev–Trinajstić information content (AvgIpc) is 3.47. The summed E-state index contributed by atoms with van der Waals surface area (Å²) in [7, 11) is 0. The second-order valence-electron chi connectivity index (χ2n) is 8.03. The summed E-state index contributed by atoms with van der Waals surface area (Å²) in [5.41, 5.74) is 1.23. The number of hydrogen-bond donors (Lipinski definition) is 0. The first-order chi connectivity index (χ1) is 17.2. The highest BCUT2D eigenvalue weighted by Gasteiger charge is 2.35. The van der Waals surface area contributed by atoms with Crippen LogP contribution in [-0.2, 0) is 12.6 Å². The van der Waals surface area contributed by atoms with Crippen LogP contribution in [0.5, 0.6) is 0 Å². The van der Waals surface area contributed by atoms with Gasteiger partial charge in [0.1, 0.15) is 5.76 Å². The van der Waals surface area contributed by atoms with Crippen molar-refractivity contribution >= 4 is 29.0 Å². The Kier molecular flexibility index (Phi) is 5.75. The molecular formula is C25H16F4N4O3. The van der Waals surface area contributed by atoms with Gasteiger partial charge in [0.25, 0.3) is 0 Å². The van der Waals surface area contributed by atoms with Crippen molar-refractivity contribution < 1.29 is 26.9 Å². The largest absolute Gasteiger partial charge is 0.452 e. The van der Waals surface area contributed by atoms with E-state index in [-0.39, 0.29) is 23.6 Å². The molecule has 0 atom stereocenters. The Morgan fingerprint density at radius 3 is 2.53 bits per heavy atom. The molecule has 5 rings (SSSR count). The van der Waals surface area contributed by atoms with Crippen molar-refractivity contribution in [1.82, 2.24) is 4.90 Å². The summed E-state index contributed by atoms with van der Waals surface area (Å²) in [6, 6.07) is 15.2. The molecule has 2 aromatic carbocycles. The van der Waals surface area contributed by atoms with Crippen LogP contribution in [0.3, 0.4) is 0 Å². The van der Waals surface area contributed by atoms with Gasteiger partial charge in [0.2, 0.25) is 11.6 Å². The van der Waals surface area contributed by atoms with Gasteiger partial charge in [-0.1, -0.05) is 36.4 Å². The van der Waals surface area contributed by atoms with E-state index in [1.807, 2.05) is 30.3 Å². The highest BCUT2D eigenvalue weighted by Crippen LogP contribution is 2.33. The van der Waals surface area contributed by atoms with Crippen LogP contribution in [0.15, 0.2) is 87.0 Å². The number of nitrogens with zero attached hydrogens (tertiary/aromatic N) is 4. The number of aliphatic imine (C=N–C) groups is 2. The number of nitro groups is 1. The van der Waals surface area contributed by atoms with E-state index in [0.717, 1.165) is 17.7 Å². The lowest BCUT2D eigenvalue weighted by Crippen LogP contribution is -2.33. The number of benzene rings is 2. The lowest BCUT2D eigenvalue weighted by atomic mass is 10.0. The maximum Gasteiger partial charge on any atom is 0.449 e. The molecule has 0 bridgehead atoms. The van der Waals surface area contributed by atoms with Crippen LogP contribution < -0.4 is 0 Å². The van der Waals surface area contributed by atoms with E-state index in [4.69, 9.17) is 4.42 Å². The van der Waals surface area contributed by atoms with Crippen molar-refractivity contribution in [2.45, 2.75) is 12.6 Å². The van der Waals surface area contributed by atoms with Crippen LogP contribution in [0.1, 0.15) is 22.6 Å². The molecule has 0 radical (unpaired) electrons. The molecule has 182 valence electrons. The Bertz CT molecular complexity index is 1470. The van der Waals surface area contributed by atoms with Gasteiger partial charge in [-0.3, -0.25) is 10.1 Å². The Morgan fingerprint density at radius 2 is 1.83 bits per heavy atom. The molecule has 0 aliphatic carbocycles. The van der Waals surface area contributed by atoms with E-state index in [0.29, 0.717) is 23.7 Å². The highest BCUT2D eigenvalue weighted by atomic mass is 19.4. The van der Waals surface area contributed by atoms with Gasteiger partial charge in [0.15, 0.2) is 5.84 Å². The van der Waals surface area contributed by atoms with Crippen molar-refractivity contribution in [2.75, 3.05) is 6.54 Å². The molecule has 0 amide bonds. The Balaban J connectivity index is 1.54. The predicted octanol–water partition coefficient (Wildman–Crippen LogP) is 6.10. The lowest BCUT2D eigenvalue weighted by Gasteiger charge is -2.23. The van der Waals surface area contributed by atoms with Crippen molar-refractivity contribution in [3.63, 3.8) is 0 Å². The molecule has 3 heterocycles. The summed E-state index contributed by atoms with van der Waals surface area (Å²) in [5.74, 6) is -1.70. The fraction of sp³-hybridized carbons (Fsp3) is 0.120. The molecule has 2 aliphatic rings. The molecule has 0 saturated carbocycles. The number of halogens is 4. The van der Waals surface area contributed by atoms with Gasteiger partial charge in [0, 0.05) is 30.3 Å². The zero-order valence-corrected chi connectivity index (χ0v) is 18.4. The van der Waals surface area contributed by atoms with Crippen LogP contribution in [0.2, 0.25) is 0 Å². The monoisotopic (exact) mass is 496 g/mol. The van der Waals surface area contributed by atoms with Gasteiger partial charge in [-0.25, -0.2) is 9.98 Å². The van der Waals surface area contributed by atoms with Gasteiger partial charge >= 0.3 is 11.9 Å². The fourth-order valence-electron chi connectivity index (χ4n) is 3.92. The van der Waals surface area contributed by atoms with Crippen molar-refractivity contribution in [3.05, 3.63) is 111 Å². The second-order valence-corrected chi connectivity index (χ2v) is 8.03. The second kappa shape index (κ2) is 8.91. The molecule has 36 heavy (non-hydrogen) atoms. The van der Waals surface area contributed by atoms with Gasteiger partial charge in [-0.05, 0) is 23.8 Å². The standard InChI is InChI=1S/C25H16F4N4O3/c26-23-18(7-4-8-21(23)33(34)35)20-14-32-13-16(12-17-9-10-22(36-17)25(27,28)29)30-24(32)19(31-20)11-15-5-2-1-3-6-15/h1-10,12,14H,11,13H2/b16-12-. The quantitative estimate of drug-likeness (QED) is 0.243. The SMILES string of the molecule is O=[N+]([O-])c1cccc(C2=CN3C/C(=C/c4ccc(C(F)(F)F)o4)N=C3C(Cc3ccccc3)=N2)c1F. The molecule has 0 fully saturated rings. The summed E-state index contributed by atoms with van der Waals surface area (Å²) in [4.78, 5) is 21.2. The molecule has 0 spiro atoms. The maximum atomic E-state index is 15.0. The van der Waals surface area contributed by atoms with Crippen molar-refractivity contribution in [2.24, 2.45) is 9.98 Å². The molecule has 3 aromatic rings. The average molecular weight is 496 g/mol. The van der Waals surface area contributed by atoms with Crippen molar-refractivity contribution in [3.8, 4) is 0 Å². The summed E-state index contributed by atoms with van der Waals surface area (Å²) in [6.45, 7) is 0.158. The van der Waals surface area contributed by atoms with Gasteiger partial charge in [-0.15, -0.1) is 0 Å². The van der Waals surface area contributed by atoms with Crippen LogP contribution in [-0.4, -0.2) is 27.9 Å². The number of fused-ring (bicyclic) bond motifs is 1. The maximum absolute atomic E-state index is 15.0. The molecule has 2 aliphatic heterocycles. The smallest absolute Gasteiger partial charge is 0.449 e. The third-order valence-corrected chi connectivity index (χ3v) is 5.53. The fourth-order valence-corrected chi connectivity index (χ4v) is 3.92. The molecule has 0 saturated heterocycles. The van der Waals surface area contributed by atoms with Crippen LogP contribution in [0, 0.1) is 15.9 Å². The summed E-state index contributed by atoms with van der Waals surface area (Å²) < 4.78 is 58.5. The minimum atomic E-state index is -4.61. The summed E-state index contributed by atoms with van der Waals surface area (Å²) in [5, 5.41) is 11.2. The number of alkyl halides is 3. The Labute approximate surface area is 201 Å². The van der Waals surface area contributed by atoms with E-state index < -0.39 is 28.4 Å². The third-order valence-electron chi connectivity index (χ3n) is 5.53. The molecule has 7 nitrogen and oxygen atoms in total. The van der Waals surface area contributed by atoms with Gasteiger partial charge in [-0.2, -0.15) is 17.6 Å². The van der Waals surface area contributed by atoms with Crippen LogP contribution in [0.4, 0.5) is 23.2 Å². The van der Waals surface area contributed by atoms with E-state index in [1.54, 1.807) is 4.90 Å². The van der Waals surface area contributed by atoms with Gasteiger partial charge in [0.05, 0.1) is 28.6 Å². The first-order valence-electron chi connectivity index (χ1n) is 10.7. The first-order valence-corrected chi connectivity index (χ1v) is 10.7. The number of hydrogen-bond acceptors (Lipinski definition) is 6. The normalized spacial score (nSPS) is 16.5. The minimum Gasteiger partial charge on any atom is -0.452 e. The number of nitro benzene ring substituents is 1. The van der Waals surface area contributed by atoms with E-state index >= 15 is 0 Å². The topological polar surface area (TPSA) is 84.2 Å². The Hall–Kier alpha value is -4.54. The van der Waals surface area contributed by atoms with E-state index in [1.165, 1.54) is 30.5 Å². The number of rotatable bonds is 5. The lowest BCUT2D eigenvalue weighted by molar-refractivity contribution is -0.387. The zero-order valence-electron chi connectivity index (χ0n) is 18.4. The number of furan rings is 1. The van der Waals surface area contributed by atoms with Crippen LogP contribution in [0.25, 0.3) is 11.8 Å². The van der Waals surface area contributed by atoms with Crippen molar-refractivity contribution in [1.29, 1.82) is 0 Å². The molecule has 0 unspecified atom stereocenters. The predicted molar refractivity (Wildman–Crippen MR) is 124 cm³/mol. The molecule has 1 aromatic heterocycles. The number of amidine groups is 1. The van der Waals surface area contributed by atoms with Crippen LogP contribution >= 0.6 is 0 Å². The zero-order chi connectivity index (χ0) is 25.4. The molecular weight excluding hydrogens is 480 g/mol. The summed E-state index contributed by atoms with van der Waals surface area (Å²) >= 11 is 0. The Morgan fingerprint density at radius 1 is 1.06 bits per heavy atom. The van der Waals surface area contributed by atoms with E-state index in [9.17, 15) is 27.7 Å². The minimum absolute atomic E-state index is 0.0167. The first kappa shape index (κ1) is 23.2.